The van der Waals surface area contributed by atoms with Gasteiger partial charge in [-0.05, 0) is 43.9 Å². The van der Waals surface area contributed by atoms with Crippen LogP contribution in [0.3, 0.4) is 0 Å². The number of nitrogens with zero attached hydrogens (tertiary/aromatic N) is 2. The highest BCUT2D eigenvalue weighted by Crippen LogP contribution is 2.31. The maximum atomic E-state index is 6.25. The lowest BCUT2D eigenvalue weighted by Gasteiger charge is -2.23. The highest BCUT2D eigenvalue weighted by molar-refractivity contribution is 6.31. The van der Waals surface area contributed by atoms with Crippen LogP contribution in [-0.2, 0) is 0 Å². The highest BCUT2D eigenvalue weighted by atomic mass is 35.5. The molecule has 2 saturated heterocycles. The second kappa shape index (κ2) is 4.77. The van der Waals surface area contributed by atoms with E-state index < -0.39 is 0 Å². The molecule has 2 fully saturated rings. The maximum absolute atomic E-state index is 6.25. The molecule has 0 N–H and O–H groups in total. The molecule has 2 heterocycles. The van der Waals surface area contributed by atoms with E-state index in [1.807, 2.05) is 0 Å². The summed E-state index contributed by atoms with van der Waals surface area (Å²) in [6.45, 7) is 4.72. The van der Waals surface area contributed by atoms with Crippen LogP contribution in [0.5, 0.6) is 0 Å². The lowest BCUT2D eigenvalue weighted by Crippen LogP contribution is -2.20. The van der Waals surface area contributed by atoms with Crippen molar-refractivity contribution in [2.45, 2.75) is 25.7 Å². The predicted octanol–water partition coefficient (Wildman–Crippen LogP) is 3.54. The summed E-state index contributed by atoms with van der Waals surface area (Å²) in [6.07, 6.45) is 5.24. The van der Waals surface area contributed by atoms with E-state index in [1.165, 1.54) is 63.2 Å². The Hall–Kier alpha value is -0.890. The molecule has 0 atom stereocenters. The molecular formula is C14H19ClN2. The standard InChI is InChI=1S/C14H19ClN2/c15-12-9-13(16-5-1-2-6-16)11-14(10-12)17-7-3-4-8-17/h9-11H,1-8H2. The predicted molar refractivity (Wildman–Crippen MR) is 74.3 cm³/mol. The number of hydrogen-bond acceptors (Lipinski definition) is 2. The van der Waals surface area contributed by atoms with Crippen molar-refractivity contribution >= 4 is 23.0 Å². The van der Waals surface area contributed by atoms with Gasteiger partial charge >= 0.3 is 0 Å². The van der Waals surface area contributed by atoms with Gasteiger partial charge in [0, 0.05) is 42.6 Å². The molecule has 2 aliphatic rings. The van der Waals surface area contributed by atoms with Crippen molar-refractivity contribution in [1.29, 1.82) is 0 Å². The summed E-state index contributed by atoms with van der Waals surface area (Å²) in [7, 11) is 0. The zero-order valence-electron chi connectivity index (χ0n) is 10.2. The van der Waals surface area contributed by atoms with E-state index in [9.17, 15) is 0 Å². The third kappa shape index (κ3) is 2.37. The average Bonchev–Trinajstić information content (AvgIpc) is 3.02. The van der Waals surface area contributed by atoms with Gasteiger partial charge in [0.1, 0.15) is 0 Å². The Kier molecular flexibility index (Phi) is 3.15. The van der Waals surface area contributed by atoms with Crippen molar-refractivity contribution < 1.29 is 0 Å². The summed E-state index contributed by atoms with van der Waals surface area (Å²) >= 11 is 6.25. The molecule has 0 unspecified atom stereocenters. The van der Waals surface area contributed by atoms with Gasteiger partial charge in [-0.25, -0.2) is 0 Å². The van der Waals surface area contributed by atoms with E-state index in [0.29, 0.717) is 0 Å². The van der Waals surface area contributed by atoms with Crippen LogP contribution in [0.2, 0.25) is 5.02 Å². The first kappa shape index (κ1) is 11.2. The van der Waals surface area contributed by atoms with Crippen molar-refractivity contribution in [1.82, 2.24) is 0 Å². The highest BCUT2D eigenvalue weighted by Gasteiger charge is 2.17. The number of hydrogen-bond donors (Lipinski definition) is 0. The molecule has 0 saturated carbocycles. The summed E-state index contributed by atoms with van der Waals surface area (Å²) in [6, 6.07) is 6.52. The summed E-state index contributed by atoms with van der Waals surface area (Å²) in [5.41, 5.74) is 2.61. The second-order valence-corrected chi connectivity index (χ2v) is 5.49. The summed E-state index contributed by atoms with van der Waals surface area (Å²) in [5, 5.41) is 0.872. The Morgan fingerprint density at radius 2 is 1.12 bits per heavy atom. The number of anilines is 2. The molecule has 2 nitrogen and oxygen atoms in total. The normalized spacial score (nSPS) is 20.3. The Balaban J connectivity index is 1.88. The third-order valence-corrected chi connectivity index (χ3v) is 4.03. The molecule has 2 aliphatic heterocycles. The van der Waals surface area contributed by atoms with Gasteiger partial charge in [-0.2, -0.15) is 0 Å². The van der Waals surface area contributed by atoms with Crippen molar-refractivity contribution in [2.75, 3.05) is 36.0 Å². The van der Waals surface area contributed by atoms with Gasteiger partial charge in [0.05, 0.1) is 0 Å². The Bertz CT molecular complexity index is 359. The zero-order chi connectivity index (χ0) is 11.7. The van der Waals surface area contributed by atoms with Crippen LogP contribution in [0, 0.1) is 0 Å². The van der Waals surface area contributed by atoms with Gasteiger partial charge in [0.15, 0.2) is 0 Å². The SMILES string of the molecule is Clc1cc(N2CCCC2)cc(N2CCCC2)c1. The molecule has 0 bridgehead atoms. The molecule has 0 aliphatic carbocycles. The Morgan fingerprint density at radius 1 is 0.706 bits per heavy atom. The zero-order valence-corrected chi connectivity index (χ0v) is 10.9. The first-order valence-corrected chi connectivity index (χ1v) is 7.01. The Labute approximate surface area is 108 Å². The molecule has 1 aromatic carbocycles. The van der Waals surface area contributed by atoms with Crippen LogP contribution in [0.4, 0.5) is 11.4 Å². The first-order chi connectivity index (χ1) is 8.33. The van der Waals surface area contributed by atoms with Crippen LogP contribution in [0.1, 0.15) is 25.7 Å². The minimum atomic E-state index is 0.872. The van der Waals surface area contributed by atoms with Gasteiger partial charge in [-0.1, -0.05) is 11.6 Å². The topological polar surface area (TPSA) is 6.48 Å². The molecule has 0 radical (unpaired) electrons. The average molecular weight is 251 g/mol. The van der Waals surface area contributed by atoms with E-state index in [-0.39, 0.29) is 0 Å². The molecular weight excluding hydrogens is 232 g/mol. The van der Waals surface area contributed by atoms with Crippen molar-refractivity contribution in [3.05, 3.63) is 23.2 Å². The van der Waals surface area contributed by atoms with Gasteiger partial charge < -0.3 is 9.80 Å². The molecule has 3 heteroatoms. The molecule has 0 aromatic heterocycles. The summed E-state index contributed by atoms with van der Waals surface area (Å²) in [5.74, 6) is 0. The minimum absolute atomic E-state index is 0.872. The minimum Gasteiger partial charge on any atom is -0.371 e. The van der Waals surface area contributed by atoms with Crippen LogP contribution < -0.4 is 9.80 Å². The van der Waals surface area contributed by atoms with Crippen LogP contribution in [0.15, 0.2) is 18.2 Å². The molecule has 3 rings (SSSR count). The van der Waals surface area contributed by atoms with E-state index in [4.69, 9.17) is 11.6 Å². The molecule has 0 spiro atoms. The Morgan fingerprint density at radius 3 is 1.53 bits per heavy atom. The fraction of sp³-hybridized carbons (Fsp3) is 0.571. The lowest BCUT2D eigenvalue weighted by molar-refractivity contribution is 0.949. The van der Waals surface area contributed by atoms with Gasteiger partial charge in [0.2, 0.25) is 0 Å². The molecule has 0 amide bonds. The largest absolute Gasteiger partial charge is 0.371 e. The maximum Gasteiger partial charge on any atom is 0.0447 e. The number of rotatable bonds is 2. The monoisotopic (exact) mass is 250 g/mol. The third-order valence-electron chi connectivity index (χ3n) is 3.81. The molecule has 92 valence electrons. The first-order valence-electron chi connectivity index (χ1n) is 6.63. The van der Waals surface area contributed by atoms with Crippen molar-refractivity contribution in [2.24, 2.45) is 0 Å². The van der Waals surface area contributed by atoms with E-state index in [1.54, 1.807) is 0 Å². The van der Waals surface area contributed by atoms with E-state index in [2.05, 4.69) is 28.0 Å². The quantitative estimate of drug-likeness (QED) is 0.792. The fourth-order valence-corrected chi connectivity index (χ4v) is 3.10. The van der Waals surface area contributed by atoms with Gasteiger partial charge in [0.25, 0.3) is 0 Å². The smallest absolute Gasteiger partial charge is 0.0447 e. The van der Waals surface area contributed by atoms with Gasteiger partial charge in [-0.3, -0.25) is 0 Å². The fourth-order valence-electron chi connectivity index (χ4n) is 2.87. The summed E-state index contributed by atoms with van der Waals surface area (Å²) < 4.78 is 0. The second-order valence-electron chi connectivity index (χ2n) is 5.06. The van der Waals surface area contributed by atoms with Crippen molar-refractivity contribution in [3.63, 3.8) is 0 Å². The van der Waals surface area contributed by atoms with Crippen LogP contribution in [0.25, 0.3) is 0 Å². The number of halogens is 1. The molecule has 1 aromatic rings. The van der Waals surface area contributed by atoms with Gasteiger partial charge in [-0.15, -0.1) is 0 Å². The summed E-state index contributed by atoms with van der Waals surface area (Å²) in [4.78, 5) is 4.90. The number of benzene rings is 1. The molecule has 17 heavy (non-hydrogen) atoms. The van der Waals surface area contributed by atoms with Crippen molar-refractivity contribution in [3.8, 4) is 0 Å². The van der Waals surface area contributed by atoms with E-state index >= 15 is 0 Å². The van der Waals surface area contributed by atoms with E-state index in [0.717, 1.165) is 5.02 Å². The van der Waals surface area contributed by atoms with Crippen LogP contribution >= 0.6 is 11.6 Å². The lowest BCUT2D eigenvalue weighted by atomic mass is 10.2. The van der Waals surface area contributed by atoms with Crippen LogP contribution in [-0.4, -0.2) is 26.2 Å².